The predicted octanol–water partition coefficient (Wildman–Crippen LogP) is 2.04. The number of fused-ring (bicyclic) bond motifs is 1. The van der Waals surface area contributed by atoms with Crippen LogP contribution in [0, 0.1) is 5.92 Å². The van der Waals surface area contributed by atoms with Crippen LogP contribution >= 0.6 is 0 Å². The molecule has 4 rings (SSSR count). The Bertz CT molecular complexity index is 1150. The molecule has 2 atom stereocenters. The van der Waals surface area contributed by atoms with E-state index in [9.17, 15) is 22.0 Å². The average molecular weight is 471 g/mol. The quantitative estimate of drug-likeness (QED) is 0.666. The summed E-state index contributed by atoms with van der Waals surface area (Å²) in [5.41, 5.74) is 0.0974. The Morgan fingerprint density at radius 3 is 2.56 bits per heavy atom. The van der Waals surface area contributed by atoms with E-state index in [1.807, 2.05) is 0 Å². The van der Waals surface area contributed by atoms with Gasteiger partial charge in [-0.3, -0.25) is 9.36 Å². The van der Waals surface area contributed by atoms with Gasteiger partial charge in [0.15, 0.2) is 0 Å². The highest BCUT2D eigenvalue weighted by Gasteiger charge is 2.30. The molecule has 1 aliphatic heterocycles. The summed E-state index contributed by atoms with van der Waals surface area (Å²) < 4.78 is 52.0. The second-order valence-electron chi connectivity index (χ2n) is 8.75. The molecule has 2 aromatic heterocycles. The van der Waals surface area contributed by atoms with Crippen molar-refractivity contribution in [1.29, 1.82) is 0 Å². The third-order valence-corrected chi connectivity index (χ3v) is 7.60. The number of halogens is 2. The van der Waals surface area contributed by atoms with Crippen LogP contribution in [0.2, 0.25) is 0 Å². The number of hydrogen-bond donors (Lipinski definition) is 2. The minimum absolute atomic E-state index is 0.0471. The van der Waals surface area contributed by atoms with E-state index in [2.05, 4.69) is 22.2 Å². The fourth-order valence-electron chi connectivity index (χ4n) is 4.81. The van der Waals surface area contributed by atoms with Crippen LogP contribution in [-0.2, 0) is 16.6 Å². The molecule has 176 valence electrons. The SMILES string of the molecule is CC1CCCC1n1c(=O)c(CC(F)F)cc2cnc(NC3CCN(S(N)(=O)=O)CC3)nc21. The number of piperidine rings is 1. The van der Waals surface area contributed by atoms with Gasteiger partial charge in [-0.05, 0) is 37.7 Å². The van der Waals surface area contributed by atoms with E-state index in [4.69, 9.17) is 5.14 Å². The van der Waals surface area contributed by atoms with Gasteiger partial charge in [0.05, 0.1) is 0 Å². The van der Waals surface area contributed by atoms with Crippen molar-refractivity contribution in [2.45, 2.75) is 64.0 Å². The van der Waals surface area contributed by atoms with Crippen LogP contribution < -0.4 is 16.0 Å². The van der Waals surface area contributed by atoms with Gasteiger partial charge in [0, 0.05) is 48.7 Å². The smallest absolute Gasteiger partial charge is 0.276 e. The van der Waals surface area contributed by atoms with Crippen molar-refractivity contribution in [1.82, 2.24) is 18.8 Å². The number of nitrogens with one attached hydrogen (secondary N) is 1. The highest BCUT2D eigenvalue weighted by atomic mass is 32.2. The van der Waals surface area contributed by atoms with Crippen molar-refractivity contribution in [3.05, 3.63) is 28.2 Å². The minimum Gasteiger partial charge on any atom is -0.351 e. The molecule has 1 aliphatic carbocycles. The topological polar surface area (TPSA) is 123 Å². The number of anilines is 1. The first-order valence-corrected chi connectivity index (χ1v) is 12.4. The third kappa shape index (κ3) is 4.76. The molecule has 1 saturated heterocycles. The summed E-state index contributed by atoms with van der Waals surface area (Å²) in [6, 6.07) is 1.33. The first kappa shape index (κ1) is 23.0. The molecular weight excluding hydrogens is 442 g/mol. The van der Waals surface area contributed by atoms with Crippen LogP contribution in [0.4, 0.5) is 14.7 Å². The molecule has 0 amide bonds. The lowest BCUT2D eigenvalue weighted by Crippen LogP contribution is -2.45. The van der Waals surface area contributed by atoms with E-state index in [0.29, 0.717) is 42.9 Å². The molecule has 3 N–H and O–H groups in total. The predicted molar refractivity (Wildman–Crippen MR) is 117 cm³/mol. The third-order valence-electron chi connectivity index (χ3n) is 6.52. The lowest BCUT2D eigenvalue weighted by atomic mass is 10.0. The molecule has 9 nitrogen and oxygen atoms in total. The molecule has 2 fully saturated rings. The molecule has 0 radical (unpaired) electrons. The van der Waals surface area contributed by atoms with Crippen LogP contribution in [0.1, 0.15) is 50.6 Å². The summed E-state index contributed by atoms with van der Waals surface area (Å²) in [5, 5.41) is 8.96. The highest BCUT2D eigenvalue weighted by Crippen LogP contribution is 2.36. The van der Waals surface area contributed by atoms with Crippen LogP contribution in [0.25, 0.3) is 11.0 Å². The zero-order chi connectivity index (χ0) is 23.0. The molecule has 3 heterocycles. The molecule has 2 aliphatic rings. The van der Waals surface area contributed by atoms with Crippen molar-refractivity contribution < 1.29 is 17.2 Å². The maximum absolute atomic E-state index is 13.2. The summed E-state index contributed by atoms with van der Waals surface area (Å²) in [6.07, 6.45) is 2.16. The maximum atomic E-state index is 13.2. The van der Waals surface area contributed by atoms with E-state index < -0.39 is 28.6 Å². The van der Waals surface area contributed by atoms with Crippen molar-refractivity contribution in [3.63, 3.8) is 0 Å². The Labute approximate surface area is 185 Å². The zero-order valence-electron chi connectivity index (χ0n) is 17.9. The van der Waals surface area contributed by atoms with Gasteiger partial charge in [-0.15, -0.1) is 0 Å². The first-order valence-electron chi connectivity index (χ1n) is 10.9. The lowest BCUT2D eigenvalue weighted by Gasteiger charge is -2.30. The van der Waals surface area contributed by atoms with Gasteiger partial charge in [0.25, 0.3) is 15.8 Å². The van der Waals surface area contributed by atoms with Crippen molar-refractivity contribution in [2.24, 2.45) is 11.1 Å². The van der Waals surface area contributed by atoms with Crippen LogP contribution in [0.5, 0.6) is 0 Å². The average Bonchev–Trinajstić information content (AvgIpc) is 3.14. The molecule has 0 bridgehead atoms. The van der Waals surface area contributed by atoms with Crippen molar-refractivity contribution in [2.75, 3.05) is 18.4 Å². The van der Waals surface area contributed by atoms with Crippen LogP contribution in [0.3, 0.4) is 0 Å². The number of nitrogens with zero attached hydrogens (tertiary/aromatic N) is 4. The molecule has 2 unspecified atom stereocenters. The second kappa shape index (κ2) is 8.99. The fourth-order valence-corrected chi connectivity index (χ4v) is 5.53. The van der Waals surface area contributed by atoms with Crippen molar-refractivity contribution in [3.8, 4) is 0 Å². The van der Waals surface area contributed by atoms with E-state index in [0.717, 1.165) is 19.3 Å². The molecule has 32 heavy (non-hydrogen) atoms. The Morgan fingerprint density at radius 1 is 1.25 bits per heavy atom. The van der Waals surface area contributed by atoms with Crippen LogP contribution in [-0.4, -0.2) is 52.8 Å². The fraction of sp³-hybridized carbons (Fsp3) is 0.650. The van der Waals surface area contributed by atoms with Gasteiger partial charge in [-0.1, -0.05) is 13.3 Å². The van der Waals surface area contributed by atoms with Gasteiger partial charge in [0.1, 0.15) is 5.65 Å². The number of aromatic nitrogens is 3. The van der Waals surface area contributed by atoms with Gasteiger partial charge in [-0.25, -0.2) is 18.9 Å². The van der Waals surface area contributed by atoms with E-state index in [1.165, 1.54) is 10.4 Å². The van der Waals surface area contributed by atoms with E-state index in [1.54, 1.807) is 10.8 Å². The summed E-state index contributed by atoms with van der Waals surface area (Å²) in [7, 11) is -3.71. The number of rotatable bonds is 6. The molecule has 0 aromatic carbocycles. The Morgan fingerprint density at radius 2 is 1.97 bits per heavy atom. The number of nitrogens with two attached hydrogens (primary N) is 1. The zero-order valence-corrected chi connectivity index (χ0v) is 18.7. The summed E-state index contributed by atoms with van der Waals surface area (Å²) >= 11 is 0. The summed E-state index contributed by atoms with van der Waals surface area (Å²) in [5.74, 6) is 0.568. The number of hydrogen-bond acceptors (Lipinski definition) is 6. The normalized spacial score (nSPS) is 23.3. The molecule has 2 aromatic rings. The maximum Gasteiger partial charge on any atom is 0.276 e. The summed E-state index contributed by atoms with van der Waals surface area (Å²) in [4.78, 5) is 22.1. The van der Waals surface area contributed by atoms with Crippen LogP contribution in [0.15, 0.2) is 17.1 Å². The minimum atomic E-state index is -3.71. The van der Waals surface area contributed by atoms with Crippen molar-refractivity contribution >= 4 is 27.2 Å². The number of pyridine rings is 1. The second-order valence-corrected chi connectivity index (χ2v) is 10.3. The molecule has 0 spiro atoms. The number of alkyl halides is 2. The highest BCUT2D eigenvalue weighted by molar-refractivity contribution is 7.86. The Balaban J connectivity index is 1.66. The Hall–Kier alpha value is -2.18. The molecule has 12 heteroatoms. The van der Waals surface area contributed by atoms with Gasteiger partial charge in [0.2, 0.25) is 12.4 Å². The largest absolute Gasteiger partial charge is 0.351 e. The molecule has 1 saturated carbocycles. The Kier molecular flexibility index (Phi) is 6.46. The van der Waals surface area contributed by atoms with Gasteiger partial charge < -0.3 is 5.32 Å². The standard InChI is InChI=1S/C20H28F2N6O3S/c1-12-3-2-4-16(12)28-18-14(9-13(19(28)29)10-17(21)22)11-24-20(26-18)25-15-5-7-27(8-6-15)32(23,30)31/h9,11-12,15-17H,2-8,10H2,1H3,(H2,23,30,31)(H,24,25,26). The lowest BCUT2D eigenvalue weighted by molar-refractivity contribution is 0.148. The van der Waals surface area contributed by atoms with Gasteiger partial charge >= 0.3 is 0 Å². The van der Waals surface area contributed by atoms with E-state index in [-0.39, 0.29) is 23.6 Å². The molecular formula is C20H28F2N6O3S. The first-order chi connectivity index (χ1) is 15.1. The van der Waals surface area contributed by atoms with E-state index >= 15 is 0 Å². The summed E-state index contributed by atoms with van der Waals surface area (Å²) in [6.45, 7) is 2.66. The van der Waals surface area contributed by atoms with Gasteiger partial charge in [-0.2, -0.15) is 17.7 Å². The monoisotopic (exact) mass is 470 g/mol.